The van der Waals surface area contributed by atoms with Crippen LogP contribution < -0.4 is 4.74 Å². The number of hydrogen-bond acceptors (Lipinski definition) is 5. The highest BCUT2D eigenvalue weighted by Gasteiger charge is 2.43. The van der Waals surface area contributed by atoms with Gasteiger partial charge in [-0.05, 0) is 40.0 Å². The normalized spacial score (nSPS) is 26.8. The SMILES string of the molecule is CC(C)(C)OC(=O)N1[C@@H]2CCC[C@H]1CC(Oc1cncc(Cl)n1)C2. The van der Waals surface area contributed by atoms with Gasteiger partial charge in [-0.1, -0.05) is 11.6 Å². The molecule has 3 atom stereocenters. The van der Waals surface area contributed by atoms with Gasteiger partial charge in [0.05, 0.1) is 12.4 Å². The predicted molar refractivity (Wildman–Crippen MR) is 90.2 cm³/mol. The summed E-state index contributed by atoms with van der Waals surface area (Å²) in [6, 6.07) is 0.314. The number of carbonyl (C=O) groups is 1. The number of carbonyl (C=O) groups excluding carboxylic acids is 1. The third kappa shape index (κ3) is 4.09. The molecule has 7 heteroatoms. The Labute approximate surface area is 147 Å². The molecule has 0 aromatic carbocycles. The topological polar surface area (TPSA) is 64.5 Å². The molecule has 2 aliphatic heterocycles. The summed E-state index contributed by atoms with van der Waals surface area (Å²) >= 11 is 5.86. The highest BCUT2D eigenvalue weighted by atomic mass is 35.5. The highest BCUT2D eigenvalue weighted by Crippen LogP contribution is 2.36. The van der Waals surface area contributed by atoms with Crippen molar-refractivity contribution < 1.29 is 14.3 Å². The van der Waals surface area contributed by atoms with E-state index in [9.17, 15) is 4.79 Å². The first-order valence-corrected chi connectivity index (χ1v) is 8.85. The number of ether oxygens (including phenoxy) is 2. The number of nitrogens with zero attached hydrogens (tertiary/aromatic N) is 3. The van der Waals surface area contributed by atoms with Crippen LogP contribution in [0.15, 0.2) is 12.4 Å². The van der Waals surface area contributed by atoms with Crippen LogP contribution in [0, 0.1) is 0 Å². The van der Waals surface area contributed by atoms with Crippen molar-refractivity contribution in [1.29, 1.82) is 0 Å². The largest absolute Gasteiger partial charge is 0.473 e. The quantitative estimate of drug-likeness (QED) is 0.808. The average molecular weight is 354 g/mol. The van der Waals surface area contributed by atoms with E-state index < -0.39 is 5.60 Å². The summed E-state index contributed by atoms with van der Waals surface area (Å²) < 4.78 is 11.6. The molecule has 2 saturated heterocycles. The van der Waals surface area contributed by atoms with Crippen LogP contribution in [-0.2, 0) is 4.74 Å². The lowest BCUT2D eigenvalue weighted by molar-refractivity contribution is -0.0412. The van der Waals surface area contributed by atoms with Crippen molar-refractivity contribution in [2.45, 2.75) is 76.7 Å². The Kier molecular flexibility index (Phi) is 4.85. The van der Waals surface area contributed by atoms with Crippen molar-refractivity contribution in [3.05, 3.63) is 17.5 Å². The van der Waals surface area contributed by atoms with Gasteiger partial charge in [0.1, 0.15) is 11.7 Å². The number of halogens is 1. The maximum absolute atomic E-state index is 12.6. The van der Waals surface area contributed by atoms with Gasteiger partial charge in [-0.2, -0.15) is 4.98 Å². The molecular weight excluding hydrogens is 330 g/mol. The van der Waals surface area contributed by atoms with E-state index in [1.807, 2.05) is 25.7 Å². The van der Waals surface area contributed by atoms with Crippen LogP contribution in [0.1, 0.15) is 52.9 Å². The maximum atomic E-state index is 12.6. The third-order valence-corrected chi connectivity index (χ3v) is 4.59. The van der Waals surface area contributed by atoms with Crippen molar-refractivity contribution in [1.82, 2.24) is 14.9 Å². The molecule has 0 radical (unpaired) electrons. The number of hydrogen-bond donors (Lipinski definition) is 0. The van der Waals surface area contributed by atoms with E-state index in [4.69, 9.17) is 21.1 Å². The van der Waals surface area contributed by atoms with Crippen LogP contribution in [0.25, 0.3) is 0 Å². The predicted octanol–water partition coefficient (Wildman–Crippen LogP) is 3.83. The average Bonchev–Trinajstić information content (AvgIpc) is 2.44. The van der Waals surface area contributed by atoms with Crippen LogP contribution >= 0.6 is 11.6 Å². The zero-order valence-electron chi connectivity index (χ0n) is 14.4. The summed E-state index contributed by atoms with van der Waals surface area (Å²) in [5, 5.41) is 0.318. The summed E-state index contributed by atoms with van der Waals surface area (Å²) in [4.78, 5) is 22.6. The Morgan fingerprint density at radius 1 is 1.25 bits per heavy atom. The lowest BCUT2D eigenvalue weighted by atomic mass is 9.83. The minimum Gasteiger partial charge on any atom is -0.473 e. The number of rotatable bonds is 2. The van der Waals surface area contributed by atoms with Crippen molar-refractivity contribution in [2.75, 3.05) is 0 Å². The van der Waals surface area contributed by atoms with Gasteiger partial charge in [0.15, 0.2) is 5.15 Å². The van der Waals surface area contributed by atoms with Crippen LogP contribution in [-0.4, -0.2) is 44.7 Å². The van der Waals surface area contributed by atoms with Gasteiger partial charge in [0, 0.05) is 24.9 Å². The molecule has 24 heavy (non-hydrogen) atoms. The number of fused-ring (bicyclic) bond motifs is 2. The Bertz CT molecular complexity index is 591. The van der Waals surface area contributed by atoms with Gasteiger partial charge in [-0.25, -0.2) is 4.79 Å². The van der Waals surface area contributed by atoms with E-state index in [-0.39, 0.29) is 24.3 Å². The van der Waals surface area contributed by atoms with Crippen molar-refractivity contribution in [2.24, 2.45) is 0 Å². The zero-order valence-corrected chi connectivity index (χ0v) is 15.1. The molecule has 0 spiro atoms. The lowest BCUT2D eigenvalue weighted by Gasteiger charge is -2.48. The van der Waals surface area contributed by atoms with Gasteiger partial charge in [-0.3, -0.25) is 4.98 Å². The molecule has 1 amide bonds. The molecule has 3 heterocycles. The lowest BCUT2D eigenvalue weighted by Crippen LogP contribution is -2.57. The van der Waals surface area contributed by atoms with E-state index in [0.29, 0.717) is 11.0 Å². The van der Waals surface area contributed by atoms with Gasteiger partial charge >= 0.3 is 6.09 Å². The molecule has 1 aromatic heterocycles. The van der Waals surface area contributed by atoms with E-state index in [2.05, 4.69) is 9.97 Å². The molecule has 1 aromatic rings. The molecule has 0 aliphatic carbocycles. The van der Waals surface area contributed by atoms with E-state index >= 15 is 0 Å². The molecule has 2 bridgehead atoms. The first-order chi connectivity index (χ1) is 11.3. The zero-order chi connectivity index (χ0) is 17.3. The second-order valence-electron chi connectivity index (χ2n) is 7.52. The number of piperidine rings is 2. The molecule has 6 nitrogen and oxygen atoms in total. The molecule has 2 aliphatic rings. The van der Waals surface area contributed by atoms with E-state index in [1.165, 1.54) is 6.20 Å². The first-order valence-electron chi connectivity index (χ1n) is 8.47. The smallest absolute Gasteiger partial charge is 0.410 e. The molecule has 2 fully saturated rings. The minimum atomic E-state index is -0.477. The first kappa shape index (κ1) is 17.3. The van der Waals surface area contributed by atoms with Gasteiger partial charge in [-0.15, -0.1) is 0 Å². The second kappa shape index (κ2) is 6.75. The Morgan fingerprint density at radius 2 is 1.92 bits per heavy atom. The van der Waals surface area contributed by atoms with E-state index in [1.54, 1.807) is 6.20 Å². The number of aromatic nitrogens is 2. The maximum Gasteiger partial charge on any atom is 0.410 e. The summed E-state index contributed by atoms with van der Waals surface area (Å²) in [6.07, 6.45) is 7.53. The Morgan fingerprint density at radius 3 is 2.50 bits per heavy atom. The van der Waals surface area contributed by atoms with Gasteiger partial charge in [0.2, 0.25) is 5.88 Å². The molecule has 132 valence electrons. The van der Waals surface area contributed by atoms with Crippen LogP contribution in [0.5, 0.6) is 5.88 Å². The molecule has 3 rings (SSSR count). The fourth-order valence-electron chi connectivity index (χ4n) is 3.59. The van der Waals surface area contributed by atoms with Crippen molar-refractivity contribution in [3.8, 4) is 5.88 Å². The Balaban J connectivity index is 1.68. The standard InChI is InChI=1S/C17H24ClN3O3/c1-17(2,3)24-16(22)21-11-5-4-6-12(21)8-13(7-11)23-15-10-19-9-14(18)20-15/h9-13H,4-8H2,1-3H3/t11-,12+,13?. The summed E-state index contributed by atoms with van der Waals surface area (Å²) in [6.45, 7) is 5.69. The monoisotopic (exact) mass is 353 g/mol. The molecule has 0 N–H and O–H groups in total. The van der Waals surface area contributed by atoms with E-state index in [0.717, 1.165) is 32.1 Å². The van der Waals surface area contributed by atoms with Crippen molar-refractivity contribution >= 4 is 17.7 Å². The van der Waals surface area contributed by atoms with Crippen LogP contribution in [0.2, 0.25) is 5.15 Å². The van der Waals surface area contributed by atoms with Gasteiger partial charge < -0.3 is 14.4 Å². The summed E-state index contributed by atoms with van der Waals surface area (Å²) in [5.41, 5.74) is -0.477. The van der Waals surface area contributed by atoms with Crippen molar-refractivity contribution in [3.63, 3.8) is 0 Å². The molecular formula is C17H24ClN3O3. The second-order valence-corrected chi connectivity index (χ2v) is 7.90. The fraction of sp³-hybridized carbons (Fsp3) is 0.706. The van der Waals surface area contributed by atoms with Crippen LogP contribution in [0.4, 0.5) is 4.79 Å². The van der Waals surface area contributed by atoms with Gasteiger partial charge in [0.25, 0.3) is 0 Å². The summed E-state index contributed by atoms with van der Waals surface area (Å²) in [7, 11) is 0. The third-order valence-electron chi connectivity index (χ3n) is 4.41. The molecule has 1 unspecified atom stereocenters. The number of amides is 1. The van der Waals surface area contributed by atoms with Crippen LogP contribution in [0.3, 0.4) is 0 Å². The fourth-order valence-corrected chi connectivity index (χ4v) is 3.73. The highest BCUT2D eigenvalue weighted by molar-refractivity contribution is 6.29. The Hall–Kier alpha value is -1.56. The molecule has 0 saturated carbocycles. The summed E-state index contributed by atoms with van der Waals surface area (Å²) in [5.74, 6) is 0.441. The minimum absolute atomic E-state index is 0.0201.